The standard InChI is InChI=1S/C30H48FN3O4/c31-28-16-27(38-14-4-2-5-23-17-30(18-23)9-12-32-13-10-30)8-7-25(28)15-29(37)34-20-24(21-34)19-33-11-3-1-6-26(36)22-35/h7-8,16,23-24,26,32-33,35-36H,1-6,9-15,17-22H2/t26-/m0/s1. The van der Waals surface area contributed by atoms with E-state index in [9.17, 15) is 14.3 Å². The summed E-state index contributed by atoms with van der Waals surface area (Å²) in [5.41, 5.74) is 1.07. The predicted octanol–water partition coefficient (Wildman–Crippen LogP) is 3.27. The number of piperidine rings is 1. The van der Waals surface area contributed by atoms with Crippen LogP contribution in [0.15, 0.2) is 18.2 Å². The largest absolute Gasteiger partial charge is 0.493 e. The molecule has 4 rings (SSSR count). The molecule has 2 saturated heterocycles. The van der Waals surface area contributed by atoms with E-state index in [0.717, 1.165) is 44.7 Å². The van der Waals surface area contributed by atoms with Crippen LogP contribution in [0.3, 0.4) is 0 Å². The van der Waals surface area contributed by atoms with Gasteiger partial charge in [-0.05, 0) is 100 Å². The van der Waals surface area contributed by atoms with Crippen LogP contribution in [0.2, 0.25) is 0 Å². The van der Waals surface area contributed by atoms with Gasteiger partial charge in [-0.15, -0.1) is 0 Å². The Morgan fingerprint density at radius 1 is 1.16 bits per heavy atom. The monoisotopic (exact) mass is 533 g/mol. The van der Waals surface area contributed by atoms with Crippen molar-refractivity contribution in [2.45, 2.75) is 76.7 Å². The van der Waals surface area contributed by atoms with Gasteiger partial charge in [0.2, 0.25) is 5.91 Å². The van der Waals surface area contributed by atoms with E-state index < -0.39 is 6.10 Å². The molecular formula is C30H48FN3O4. The molecule has 4 N–H and O–H groups in total. The molecule has 1 saturated carbocycles. The van der Waals surface area contributed by atoms with Crippen LogP contribution in [-0.2, 0) is 11.2 Å². The number of unbranched alkanes of at least 4 members (excludes halogenated alkanes) is 2. The zero-order chi connectivity index (χ0) is 26.8. The minimum absolute atomic E-state index is 0.0333. The van der Waals surface area contributed by atoms with E-state index in [1.165, 1.54) is 51.3 Å². The molecule has 2 aliphatic heterocycles. The Morgan fingerprint density at radius 3 is 2.68 bits per heavy atom. The van der Waals surface area contributed by atoms with E-state index in [4.69, 9.17) is 9.84 Å². The first-order valence-corrected chi connectivity index (χ1v) is 14.9. The number of benzene rings is 1. The summed E-state index contributed by atoms with van der Waals surface area (Å²) in [7, 11) is 0. The minimum Gasteiger partial charge on any atom is -0.493 e. The SMILES string of the molecule is O=C(Cc1ccc(OCCCCC2CC3(CCNCC3)C2)cc1F)N1CC(CNCCCC[C@H](O)CO)C1. The normalized spacial score (nSPS) is 20.2. The number of carbonyl (C=O) groups is 1. The van der Waals surface area contributed by atoms with Gasteiger partial charge >= 0.3 is 0 Å². The van der Waals surface area contributed by atoms with Crippen LogP contribution < -0.4 is 15.4 Å². The predicted molar refractivity (Wildman–Crippen MR) is 147 cm³/mol. The second kappa shape index (κ2) is 14.6. The number of nitrogens with one attached hydrogen (secondary N) is 2. The molecule has 7 nitrogen and oxygen atoms in total. The van der Waals surface area contributed by atoms with Crippen LogP contribution in [0, 0.1) is 23.1 Å². The van der Waals surface area contributed by atoms with E-state index in [1.807, 2.05) is 0 Å². The fourth-order valence-corrected chi connectivity index (χ4v) is 6.43. The van der Waals surface area contributed by atoms with Gasteiger partial charge in [0.15, 0.2) is 0 Å². The maximum atomic E-state index is 14.6. The lowest BCUT2D eigenvalue weighted by Gasteiger charge is -2.50. The molecule has 8 heteroatoms. The van der Waals surface area contributed by atoms with E-state index in [2.05, 4.69) is 10.6 Å². The molecule has 1 aliphatic carbocycles. The second-order valence-electron chi connectivity index (χ2n) is 12.0. The lowest BCUT2D eigenvalue weighted by molar-refractivity contribution is -0.136. The first-order valence-electron chi connectivity index (χ1n) is 14.9. The second-order valence-corrected chi connectivity index (χ2v) is 12.0. The van der Waals surface area contributed by atoms with E-state index in [-0.39, 0.29) is 24.8 Å². The first kappa shape index (κ1) is 29.2. The Kier molecular flexibility index (Phi) is 11.2. The summed E-state index contributed by atoms with van der Waals surface area (Å²) in [4.78, 5) is 14.4. The third-order valence-electron chi connectivity index (χ3n) is 8.84. The fourth-order valence-electron chi connectivity index (χ4n) is 6.43. The number of hydrogen-bond acceptors (Lipinski definition) is 6. The molecule has 1 aromatic rings. The van der Waals surface area contributed by atoms with E-state index in [1.54, 1.807) is 17.0 Å². The molecule has 1 spiro atoms. The van der Waals surface area contributed by atoms with Crippen molar-refractivity contribution in [3.05, 3.63) is 29.6 Å². The molecular weight excluding hydrogens is 485 g/mol. The molecule has 0 unspecified atom stereocenters. The molecule has 0 radical (unpaired) electrons. The van der Waals surface area contributed by atoms with Gasteiger partial charge in [0.05, 0.1) is 25.7 Å². The number of hydrogen-bond donors (Lipinski definition) is 4. The zero-order valence-corrected chi connectivity index (χ0v) is 22.9. The van der Waals surface area contributed by atoms with Crippen LogP contribution in [-0.4, -0.2) is 79.6 Å². The van der Waals surface area contributed by atoms with Crippen LogP contribution in [0.25, 0.3) is 0 Å². The van der Waals surface area contributed by atoms with Crippen LogP contribution in [0.4, 0.5) is 4.39 Å². The number of halogens is 1. The highest BCUT2D eigenvalue weighted by molar-refractivity contribution is 5.79. The van der Waals surface area contributed by atoms with Crippen LogP contribution in [0.5, 0.6) is 5.75 Å². The van der Waals surface area contributed by atoms with Crippen molar-refractivity contribution in [1.82, 2.24) is 15.5 Å². The molecule has 2 heterocycles. The van der Waals surface area contributed by atoms with Gasteiger partial charge in [-0.1, -0.05) is 12.5 Å². The van der Waals surface area contributed by atoms with Crippen molar-refractivity contribution in [3.63, 3.8) is 0 Å². The van der Waals surface area contributed by atoms with Crippen molar-refractivity contribution in [2.24, 2.45) is 17.3 Å². The van der Waals surface area contributed by atoms with Gasteiger partial charge in [-0.2, -0.15) is 0 Å². The summed E-state index contributed by atoms with van der Waals surface area (Å²) in [6.45, 7) is 5.92. The Labute approximate surface area is 227 Å². The van der Waals surface area contributed by atoms with Crippen molar-refractivity contribution in [1.29, 1.82) is 0 Å². The summed E-state index contributed by atoms with van der Waals surface area (Å²) in [6, 6.07) is 4.88. The van der Waals surface area contributed by atoms with Crippen molar-refractivity contribution in [3.8, 4) is 5.75 Å². The average molecular weight is 534 g/mol. The van der Waals surface area contributed by atoms with Gasteiger partial charge < -0.3 is 30.5 Å². The quantitative estimate of drug-likeness (QED) is 0.244. The maximum absolute atomic E-state index is 14.6. The number of ether oxygens (including phenoxy) is 1. The lowest BCUT2D eigenvalue weighted by atomic mass is 9.57. The summed E-state index contributed by atoms with van der Waals surface area (Å²) in [5.74, 6) is 1.44. The van der Waals surface area contributed by atoms with Crippen molar-refractivity contribution < 1.29 is 24.1 Å². The maximum Gasteiger partial charge on any atom is 0.227 e. The van der Waals surface area contributed by atoms with E-state index >= 15 is 0 Å². The molecule has 1 atom stereocenters. The van der Waals surface area contributed by atoms with E-state index in [0.29, 0.717) is 48.8 Å². The molecule has 3 fully saturated rings. The van der Waals surface area contributed by atoms with Gasteiger partial charge in [0, 0.05) is 31.6 Å². The fraction of sp³-hybridized carbons (Fsp3) is 0.767. The molecule has 3 aliphatic rings. The van der Waals surface area contributed by atoms with Crippen molar-refractivity contribution >= 4 is 5.91 Å². The number of rotatable bonds is 16. The Hall–Kier alpha value is -1.74. The number of amides is 1. The van der Waals surface area contributed by atoms with Gasteiger partial charge in [0.1, 0.15) is 11.6 Å². The van der Waals surface area contributed by atoms with Crippen molar-refractivity contribution in [2.75, 3.05) is 52.5 Å². The lowest BCUT2D eigenvalue weighted by Crippen LogP contribution is -2.53. The molecule has 0 bridgehead atoms. The van der Waals surface area contributed by atoms with Gasteiger partial charge in [-0.25, -0.2) is 4.39 Å². The highest BCUT2D eigenvalue weighted by Crippen LogP contribution is 2.53. The number of carbonyl (C=O) groups excluding carboxylic acids is 1. The summed E-state index contributed by atoms with van der Waals surface area (Å²) < 4.78 is 20.4. The highest BCUT2D eigenvalue weighted by atomic mass is 19.1. The molecule has 38 heavy (non-hydrogen) atoms. The van der Waals surface area contributed by atoms with Gasteiger partial charge in [0.25, 0.3) is 0 Å². The Morgan fingerprint density at radius 2 is 1.95 bits per heavy atom. The van der Waals surface area contributed by atoms with Crippen LogP contribution in [0.1, 0.15) is 69.8 Å². The molecule has 214 valence electrons. The number of nitrogens with zero attached hydrogens (tertiary/aromatic N) is 1. The third kappa shape index (κ3) is 8.63. The number of aliphatic hydroxyl groups excluding tert-OH is 2. The minimum atomic E-state index is -0.617. The summed E-state index contributed by atoms with van der Waals surface area (Å²) in [5, 5.41) is 25.0. The molecule has 1 amide bonds. The summed E-state index contributed by atoms with van der Waals surface area (Å²) >= 11 is 0. The number of aliphatic hydroxyl groups is 2. The Bertz CT molecular complexity index is 865. The topological polar surface area (TPSA) is 94.1 Å². The highest BCUT2D eigenvalue weighted by Gasteiger charge is 2.43. The smallest absolute Gasteiger partial charge is 0.227 e. The van der Waals surface area contributed by atoms with Crippen LogP contribution >= 0.6 is 0 Å². The third-order valence-corrected chi connectivity index (χ3v) is 8.84. The molecule has 0 aromatic heterocycles. The average Bonchev–Trinajstić information content (AvgIpc) is 2.87. The number of likely N-dealkylation sites (tertiary alicyclic amines) is 1. The molecule has 1 aromatic carbocycles. The summed E-state index contributed by atoms with van der Waals surface area (Å²) in [6.07, 6.45) is 10.8. The Balaban J connectivity index is 1.03. The van der Waals surface area contributed by atoms with Gasteiger partial charge in [-0.3, -0.25) is 4.79 Å². The first-order chi connectivity index (χ1) is 18.5. The zero-order valence-electron chi connectivity index (χ0n) is 22.9.